The number of carbonyl (C=O) groups excluding carboxylic acids is 1. The van der Waals surface area contributed by atoms with E-state index in [9.17, 15) is 4.79 Å². The second-order valence-corrected chi connectivity index (χ2v) is 8.06. The lowest BCUT2D eigenvalue weighted by Crippen LogP contribution is -2.52. The van der Waals surface area contributed by atoms with Crippen LogP contribution in [0.1, 0.15) is 24.8 Å². The summed E-state index contributed by atoms with van der Waals surface area (Å²) in [6, 6.07) is 12.1. The molecule has 134 valence electrons. The summed E-state index contributed by atoms with van der Waals surface area (Å²) in [7, 11) is 0. The van der Waals surface area contributed by atoms with Crippen molar-refractivity contribution in [2.75, 3.05) is 31.1 Å². The zero-order valence-corrected chi connectivity index (χ0v) is 16.2. The number of carbonyl (C=O) groups is 1. The van der Waals surface area contributed by atoms with Crippen molar-refractivity contribution >= 4 is 34.7 Å². The highest BCUT2D eigenvalue weighted by Gasteiger charge is 2.25. The fraction of sp³-hybridized carbons (Fsp3) is 0.421. The maximum atomic E-state index is 12.7. The maximum absolute atomic E-state index is 12.7. The van der Waals surface area contributed by atoms with Crippen molar-refractivity contribution in [3.63, 3.8) is 0 Å². The van der Waals surface area contributed by atoms with E-state index in [1.807, 2.05) is 29.2 Å². The molecule has 0 aliphatic carbocycles. The Bertz CT molecular complexity index is 696. The van der Waals surface area contributed by atoms with Gasteiger partial charge in [0.1, 0.15) is 0 Å². The third kappa shape index (κ3) is 4.47. The van der Waals surface area contributed by atoms with Gasteiger partial charge in [-0.15, -0.1) is 11.3 Å². The van der Waals surface area contributed by atoms with Crippen LogP contribution >= 0.6 is 22.9 Å². The van der Waals surface area contributed by atoms with Crippen LogP contribution in [0.25, 0.3) is 0 Å². The number of thiophene rings is 1. The molecule has 0 bridgehead atoms. The van der Waals surface area contributed by atoms with E-state index < -0.39 is 0 Å². The van der Waals surface area contributed by atoms with E-state index in [0.29, 0.717) is 19.0 Å². The van der Waals surface area contributed by atoms with Gasteiger partial charge in [-0.3, -0.25) is 0 Å². The van der Waals surface area contributed by atoms with Crippen LogP contribution in [0.4, 0.5) is 10.5 Å². The summed E-state index contributed by atoms with van der Waals surface area (Å²) in [5.41, 5.74) is 1.12. The number of anilines is 1. The van der Waals surface area contributed by atoms with Gasteiger partial charge < -0.3 is 15.1 Å². The Labute approximate surface area is 158 Å². The van der Waals surface area contributed by atoms with Crippen molar-refractivity contribution in [2.24, 2.45) is 5.92 Å². The zero-order valence-electron chi connectivity index (χ0n) is 14.6. The van der Waals surface area contributed by atoms with Gasteiger partial charge in [-0.1, -0.05) is 37.6 Å². The quantitative estimate of drug-likeness (QED) is 0.843. The number of benzene rings is 1. The van der Waals surface area contributed by atoms with Crippen LogP contribution < -0.4 is 10.2 Å². The van der Waals surface area contributed by atoms with Crippen LogP contribution in [0.2, 0.25) is 5.02 Å². The van der Waals surface area contributed by atoms with Gasteiger partial charge in [-0.25, -0.2) is 4.79 Å². The minimum Gasteiger partial charge on any atom is -0.368 e. The molecule has 1 fully saturated rings. The van der Waals surface area contributed by atoms with Crippen LogP contribution in [-0.2, 0) is 0 Å². The highest BCUT2D eigenvalue weighted by molar-refractivity contribution is 7.10. The first kappa shape index (κ1) is 18.1. The van der Waals surface area contributed by atoms with Gasteiger partial charge in [-0.2, -0.15) is 0 Å². The van der Waals surface area contributed by atoms with Gasteiger partial charge >= 0.3 is 6.03 Å². The second-order valence-electron chi connectivity index (χ2n) is 6.64. The molecule has 25 heavy (non-hydrogen) atoms. The summed E-state index contributed by atoms with van der Waals surface area (Å²) in [5.74, 6) is 0.357. The molecule has 2 aromatic rings. The molecular weight excluding hydrogens is 354 g/mol. The summed E-state index contributed by atoms with van der Waals surface area (Å²) in [4.78, 5) is 18.1. The highest BCUT2D eigenvalue weighted by Crippen LogP contribution is 2.26. The Kier molecular flexibility index (Phi) is 5.86. The fourth-order valence-electron chi connectivity index (χ4n) is 3.10. The minimum atomic E-state index is 0.0258. The van der Waals surface area contributed by atoms with Crippen LogP contribution in [0, 0.1) is 5.92 Å². The number of urea groups is 1. The van der Waals surface area contributed by atoms with Crippen LogP contribution in [0.5, 0.6) is 0 Å². The van der Waals surface area contributed by atoms with Crippen molar-refractivity contribution in [3.05, 3.63) is 51.7 Å². The average Bonchev–Trinajstić information content (AvgIpc) is 3.13. The standard InChI is InChI=1S/C19H24ClN3OS/c1-14(2)18(17-7-4-12-25-17)21-19(24)23-10-8-22(9-11-23)16-6-3-5-15(20)13-16/h3-7,12-14,18H,8-11H2,1-2H3,(H,21,24)/t18-/m0/s1. The fourth-order valence-corrected chi connectivity index (χ4v) is 4.23. The van der Waals surface area contributed by atoms with E-state index >= 15 is 0 Å². The average molecular weight is 378 g/mol. The number of hydrogen-bond acceptors (Lipinski definition) is 3. The number of hydrogen-bond donors (Lipinski definition) is 1. The first-order valence-corrected chi connectivity index (χ1v) is 9.89. The maximum Gasteiger partial charge on any atom is 0.318 e. The molecule has 1 aromatic carbocycles. The molecule has 1 saturated heterocycles. The van der Waals surface area contributed by atoms with Crippen molar-refractivity contribution in [3.8, 4) is 0 Å². The van der Waals surface area contributed by atoms with Gasteiger partial charge in [0.2, 0.25) is 0 Å². The molecule has 0 radical (unpaired) electrons. The van der Waals surface area contributed by atoms with E-state index in [-0.39, 0.29) is 12.1 Å². The number of amides is 2. The molecule has 6 heteroatoms. The summed E-state index contributed by atoms with van der Waals surface area (Å²) < 4.78 is 0. The van der Waals surface area contributed by atoms with Crippen molar-refractivity contribution in [1.29, 1.82) is 0 Å². The normalized spacial score (nSPS) is 16.2. The van der Waals surface area contributed by atoms with Gasteiger partial charge in [0.15, 0.2) is 0 Å². The third-order valence-corrected chi connectivity index (χ3v) is 5.73. The number of nitrogens with one attached hydrogen (secondary N) is 1. The summed E-state index contributed by atoms with van der Waals surface area (Å²) in [6.45, 7) is 7.35. The molecule has 3 rings (SSSR count). The SMILES string of the molecule is CC(C)[C@H](NC(=O)N1CCN(c2cccc(Cl)c2)CC1)c1cccs1. The zero-order chi connectivity index (χ0) is 17.8. The lowest BCUT2D eigenvalue weighted by atomic mass is 10.0. The van der Waals surface area contributed by atoms with E-state index in [2.05, 4.69) is 41.6 Å². The van der Waals surface area contributed by atoms with Crippen LogP contribution in [0.3, 0.4) is 0 Å². The molecule has 2 amide bonds. The lowest BCUT2D eigenvalue weighted by Gasteiger charge is -2.37. The van der Waals surface area contributed by atoms with Crippen LogP contribution in [0.15, 0.2) is 41.8 Å². The summed E-state index contributed by atoms with van der Waals surface area (Å²) in [5, 5.41) is 6.01. The molecule has 1 aliphatic heterocycles. The molecule has 4 nitrogen and oxygen atoms in total. The monoisotopic (exact) mass is 377 g/mol. The molecule has 1 aromatic heterocycles. The van der Waals surface area contributed by atoms with Crippen molar-refractivity contribution < 1.29 is 4.79 Å². The lowest BCUT2D eigenvalue weighted by molar-refractivity contribution is 0.187. The molecular formula is C19H24ClN3OS. The molecule has 1 N–H and O–H groups in total. The van der Waals surface area contributed by atoms with Gasteiger partial charge in [0, 0.05) is 41.8 Å². The number of rotatable bonds is 4. The number of nitrogens with zero attached hydrogens (tertiary/aromatic N) is 2. The van der Waals surface area contributed by atoms with E-state index in [0.717, 1.165) is 23.8 Å². The van der Waals surface area contributed by atoms with Crippen molar-refractivity contribution in [1.82, 2.24) is 10.2 Å². The smallest absolute Gasteiger partial charge is 0.318 e. The summed E-state index contributed by atoms with van der Waals surface area (Å²) in [6.07, 6.45) is 0. The Morgan fingerprint density at radius 1 is 1.16 bits per heavy atom. The third-order valence-electron chi connectivity index (χ3n) is 4.54. The van der Waals surface area contributed by atoms with Gasteiger partial charge in [-0.05, 0) is 35.6 Å². The first-order chi connectivity index (χ1) is 12.0. The molecule has 2 heterocycles. The Hall–Kier alpha value is -1.72. The number of piperazine rings is 1. The van der Waals surface area contributed by atoms with Gasteiger partial charge in [0.05, 0.1) is 6.04 Å². The molecule has 1 atom stereocenters. The van der Waals surface area contributed by atoms with E-state index in [1.54, 1.807) is 11.3 Å². The van der Waals surface area contributed by atoms with E-state index in [4.69, 9.17) is 11.6 Å². The Morgan fingerprint density at radius 3 is 2.52 bits per heavy atom. The molecule has 1 aliphatic rings. The highest BCUT2D eigenvalue weighted by atomic mass is 35.5. The van der Waals surface area contributed by atoms with Crippen molar-refractivity contribution in [2.45, 2.75) is 19.9 Å². The Morgan fingerprint density at radius 2 is 1.92 bits per heavy atom. The molecule has 0 saturated carbocycles. The minimum absolute atomic E-state index is 0.0258. The predicted octanol–water partition coefficient (Wildman–Crippen LogP) is 4.63. The Balaban J connectivity index is 1.58. The second kappa shape index (κ2) is 8.11. The molecule has 0 unspecified atom stereocenters. The van der Waals surface area contributed by atoms with Gasteiger partial charge in [0.25, 0.3) is 0 Å². The number of halogens is 1. The predicted molar refractivity (Wildman–Crippen MR) is 106 cm³/mol. The first-order valence-electron chi connectivity index (χ1n) is 8.64. The van der Waals surface area contributed by atoms with Crippen LogP contribution in [-0.4, -0.2) is 37.1 Å². The largest absolute Gasteiger partial charge is 0.368 e. The topological polar surface area (TPSA) is 35.6 Å². The molecule has 0 spiro atoms. The summed E-state index contributed by atoms with van der Waals surface area (Å²) >= 11 is 7.77. The van der Waals surface area contributed by atoms with E-state index in [1.165, 1.54) is 4.88 Å².